The van der Waals surface area contributed by atoms with Crippen molar-refractivity contribution in [1.82, 2.24) is 24.8 Å². The second-order valence-corrected chi connectivity index (χ2v) is 16.6. The van der Waals surface area contributed by atoms with E-state index in [0.29, 0.717) is 102 Å². The fraction of sp³-hybridized carbons (Fsp3) is 0.477. The van der Waals surface area contributed by atoms with Crippen LogP contribution < -0.4 is 31.2 Å². The number of alkyl halides is 3. The van der Waals surface area contributed by atoms with Gasteiger partial charge in [-0.2, -0.15) is 13.2 Å². The number of aromatic hydroxyl groups is 2. The number of nitrogen functional groups attached to an aromatic ring is 1. The summed E-state index contributed by atoms with van der Waals surface area (Å²) in [5.41, 5.74) is 6.23. The molecule has 3 heterocycles. The molecule has 0 bridgehead atoms. The van der Waals surface area contributed by atoms with E-state index in [2.05, 4.69) is 25.9 Å². The predicted octanol–water partition coefficient (Wildman–Crippen LogP) is 6.17. The van der Waals surface area contributed by atoms with Gasteiger partial charge < -0.3 is 55.9 Å². The first-order valence-electron chi connectivity index (χ1n) is 20.9. The molecule has 0 spiro atoms. The highest BCUT2D eigenvalue weighted by molar-refractivity contribution is 6.02. The highest BCUT2D eigenvalue weighted by Gasteiger charge is 2.45. The summed E-state index contributed by atoms with van der Waals surface area (Å²) in [4.78, 5) is 23.9. The fourth-order valence-corrected chi connectivity index (χ4v) is 8.15. The molecule has 3 aromatic carbocycles. The standard InChI is InChI=1S/C44H55F3N8O8/c1-24(26-17-27(44(45,46)47)19-28(48)18-26)50-39-30-20-35(34(61-4)21-32(30)51-25(2)52-39)63-23-43(12-13-43)22-54(3)37(57)11-16-62-15-6-14-49-31-8-5-7-29-38(31)42(60)55(41(29)59)33-9-10-36(56)53-40(33)58/h5,7-8,17-21,24,33,36,40,49,53,56,58-60H,6,9-16,22-23,48H2,1-4H3,(H,50,51,52)/t24-,33?,36?,40?/m1/s1. The molecule has 3 unspecified atom stereocenters. The van der Waals surface area contributed by atoms with E-state index in [1.54, 1.807) is 56.1 Å². The maximum Gasteiger partial charge on any atom is 0.416 e. The van der Waals surface area contributed by atoms with E-state index in [1.807, 2.05) is 0 Å². The van der Waals surface area contributed by atoms with E-state index >= 15 is 0 Å². The smallest absolute Gasteiger partial charge is 0.416 e. The van der Waals surface area contributed by atoms with Crippen LogP contribution in [0.3, 0.4) is 0 Å². The Morgan fingerprint density at radius 3 is 2.56 bits per heavy atom. The number of benzene rings is 3. The van der Waals surface area contributed by atoms with Gasteiger partial charge in [0, 0.05) is 60.4 Å². The minimum Gasteiger partial charge on any atom is -0.494 e. The quantitative estimate of drug-likeness (QED) is 0.0364. The monoisotopic (exact) mass is 880 g/mol. The molecule has 16 nitrogen and oxygen atoms in total. The zero-order valence-corrected chi connectivity index (χ0v) is 35.6. The molecular weight excluding hydrogens is 826 g/mol. The van der Waals surface area contributed by atoms with Crippen LogP contribution in [0.4, 0.5) is 30.4 Å². The minimum absolute atomic E-state index is 0.00199. The van der Waals surface area contributed by atoms with Crippen molar-refractivity contribution in [3.8, 4) is 23.3 Å². The van der Waals surface area contributed by atoms with Crippen LogP contribution in [0.2, 0.25) is 0 Å². The van der Waals surface area contributed by atoms with Crippen molar-refractivity contribution >= 4 is 44.8 Å². The van der Waals surface area contributed by atoms with Gasteiger partial charge in [-0.1, -0.05) is 6.07 Å². The Kier molecular flexibility index (Phi) is 13.3. The summed E-state index contributed by atoms with van der Waals surface area (Å²) >= 11 is 0. The third kappa shape index (κ3) is 10.2. The first kappa shape index (κ1) is 45.3. The average Bonchev–Trinajstić information content (AvgIpc) is 3.95. The summed E-state index contributed by atoms with van der Waals surface area (Å²) < 4.78 is 59.8. The highest BCUT2D eigenvalue weighted by Crippen LogP contribution is 2.48. The number of methoxy groups -OCH3 is 1. The van der Waals surface area contributed by atoms with Crippen molar-refractivity contribution in [1.29, 1.82) is 0 Å². The van der Waals surface area contributed by atoms with Crippen LogP contribution in [0.25, 0.3) is 21.7 Å². The average molecular weight is 881 g/mol. The van der Waals surface area contributed by atoms with Gasteiger partial charge in [0.1, 0.15) is 24.1 Å². The number of nitrogens with zero attached hydrogens (tertiary/aromatic N) is 4. The number of nitrogens with two attached hydrogens (primary N) is 1. The van der Waals surface area contributed by atoms with Crippen molar-refractivity contribution in [2.24, 2.45) is 5.41 Å². The molecule has 63 heavy (non-hydrogen) atoms. The van der Waals surface area contributed by atoms with E-state index in [4.69, 9.17) is 19.9 Å². The first-order valence-corrected chi connectivity index (χ1v) is 20.9. The maximum absolute atomic E-state index is 13.6. The third-order valence-electron chi connectivity index (χ3n) is 11.8. The Labute approximate surface area is 362 Å². The summed E-state index contributed by atoms with van der Waals surface area (Å²) in [6.07, 6.45) is -3.37. The lowest BCUT2D eigenvalue weighted by molar-refractivity contribution is -0.137. The molecule has 1 aliphatic heterocycles. The topological polar surface area (TPSA) is 222 Å². The molecule has 4 atom stereocenters. The van der Waals surface area contributed by atoms with Crippen molar-refractivity contribution in [3.05, 3.63) is 65.5 Å². The number of anilines is 3. The number of fused-ring (bicyclic) bond motifs is 2. The van der Waals surface area contributed by atoms with Crippen LogP contribution in [-0.4, -0.2) is 105 Å². The lowest BCUT2D eigenvalue weighted by atomic mass is 10.0. The highest BCUT2D eigenvalue weighted by atomic mass is 19.4. The maximum atomic E-state index is 13.6. The number of hydrogen-bond acceptors (Lipinski definition) is 14. The number of rotatable bonds is 18. The first-order chi connectivity index (χ1) is 30.0. The number of aromatic nitrogens is 3. The summed E-state index contributed by atoms with van der Waals surface area (Å²) in [6.45, 7) is 5.33. The van der Waals surface area contributed by atoms with Gasteiger partial charge >= 0.3 is 6.18 Å². The van der Waals surface area contributed by atoms with Crippen molar-refractivity contribution in [3.63, 3.8) is 0 Å². The van der Waals surface area contributed by atoms with Crippen LogP contribution in [0.5, 0.6) is 23.3 Å². The van der Waals surface area contributed by atoms with Gasteiger partial charge in [-0.15, -0.1) is 0 Å². The lowest BCUT2D eigenvalue weighted by Gasteiger charge is -2.33. The number of amides is 1. The van der Waals surface area contributed by atoms with Crippen LogP contribution in [0.1, 0.15) is 74.5 Å². The van der Waals surface area contributed by atoms with Gasteiger partial charge in [0.15, 0.2) is 11.5 Å². The molecule has 0 radical (unpaired) electrons. The Balaban J connectivity index is 0.893. The molecule has 1 saturated carbocycles. The second-order valence-electron chi connectivity index (χ2n) is 16.6. The van der Waals surface area contributed by atoms with Gasteiger partial charge in [0.2, 0.25) is 17.7 Å². The summed E-state index contributed by atoms with van der Waals surface area (Å²) in [5, 5.41) is 53.0. The second kappa shape index (κ2) is 18.5. The number of carbonyl (C=O) groups excluding carboxylic acids is 1. The summed E-state index contributed by atoms with van der Waals surface area (Å²) in [7, 11) is 3.28. The molecule has 19 heteroatoms. The van der Waals surface area contributed by atoms with Gasteiger partial charge in [-0.05, 0) is 87.9 Å². The van der Waals surface area contributed by atoms with E-state index < -0.39 is 36.3 Å². The molecule has 7 rings (SSSR count). The van der Waals surface area contributed by atoms with Crippen LogP contribution in [0, 0.1) is 12.3 Å². The van der Waals surface area contributed by atoms with Crippen LogP contribution >= 0.6 is 0 Å². The normalized spacial score (nSPS) is 18.9. The number of aliphatic hydroxyl groups is 2. The number of nitrogens with one attached hydrogen (secondary N) is 3. The van der Waals surface area contributed by atoms with Gasteiger partial charge in [-0.3, -0.25) is 14.7 Å². The molecule has 5 aromatic rings. The van der Waals surface area contributed by atoms with Crippen LogP contribution in [0.15, 0.2) is 48.5 Å². The number of piperidine rings is 1. The number of hydrogen-bond donors (Lipinski definition) is 8. The molecule has 2 fully saturated rings. The number of halogens is 3. The SMILES string of the molecule is COc1cc2nc(C)nc(N[C@H](C)c3cc(N)cc(C(F)(F)F)c3)c2cc1OCC1(CN(C)C(=O)CCOCCCNc2cccc3c(O)n(C4CCC(O)NC4O)c(O)c23)CC1. The molecule has 340 valence electrons. The van der Waals surface area contributed by atoms with E-state index in [-0.39, 0.29) is 41.8 Å². The Bertz CT molecular complexity index is 2450. The van der Waals surface area contributed by atoms with Crippen molar-refractivity contribution < 1.29 is 52.6 Å². The number of aryl methyl sites for hydroxylation is 1. The predicted molar refractivity (Wildman–Crippen MR) is 231 cm³/mol. The molecule has 2 aromatic heterocycles. The molecule has 1 amide bonds. The molecule has 9 N–H and O–H groups in total. The third-order valence-corrected chi connectivity index (χ3v) is 11.8. The van der Waals surface area contributed by atoms with Gasteiger partial charge in [0.05, 0.1) is 55.3 Å². The molecule has 1 aliphatic carbocycles. The number of ether oxygens (including phenoxy) is 3. The number of carbonyl (C=O) groups is 1. The summed E-state index contributed by atoms with van der Waals surface area (Å²) in [6, 6.07) is 10.9. The van der Waals surface area contributed by atoms with Crippen molar-refractivity contribution in [2.45, 2.75) is 83.1 Å². The zero-order chi connectivity index (χ0) is 45.2. The minimum atomic E-state index is -4.55. The van der Waals surface area contributed by atoms with E-state index in [1.165, 1.54) is 17.7 Å². The zero-order valence-electron chi connectivity index (χ0n) is 35.6. The Hall–Kier alpha value is -5.76. The van der Waals surface area contributed by atoms with Crippen LogP contribution in [-0.2, 0) is 15.7 Å². The van der Waals surface area contributed by atoms with Gasteiger partial charge in [0.25, 0.3) is 0 Å². The Morgan fingerprint density at radius 1 is 1.06 bits per heavy atom. The largest absolute Gasteiger partial charge is 0.494 e. The lowest BCUT2D eigenvalue weighted by Crippen LogP contribution is -2.47. The van der Waals surface area contributed by atoms with E-state index in [0.717, 1.165) is 25.0 Å². The molecule has 1 saturated heterocycles. The van der Waals surface area contributed by atoms with E-state index in [9.17, 15) is 38.4 Å². The Morgan fingerprint density at radius 2 is 1.84 bits per heavy atom. The van der Waals surface area contributed by atoms with Gasteiger partial charge in [-0.25, -0.2) is 9.97 Å². The number of aliphatic hydroxyl groups excluding tert-OH is 2. The van der Waals surface area contributed by atoms with Crippen molar-refractivity contribution in [2.75, 3.05) is 63.4 Å². The fourth-order valence-electron chi connectivity index (χ4n) is 8.15. The summed E-state index contributed by atoms with van der Waals surface area (Å²) in [5.74, 6) is 1.30. The molecular formula is C44H55F3N8O8. The molecule has 2 aliphatic rings.